The van der Waals surface area contributed by atoms with E-state index in [-0.39, 0.29) is 0 Å². The molecule has 1 aromatic rings. The second-order valence-electron chi connectivity index (χ2n) is 4.17. The van der Waals surface area contributed by atoms with Gasteiger partial charge >= 0.3 is 0 Å². The summed E-state index contributed by atoms with van der Waals surface area (Å²) in [5.41, 5.74) is 7.24. The molecule has 0 amide bonds. The monoisotopic (exact) mass is 225 g/mol. The van der Waals surface area contributed by atoms with Crippen molar-refractivity contribution in [3.63, 3.8) is 0 Å². The van der Waals surface area contributed by atoms with Crippen molar-refractivity contribution in [1.29, 1.82) is 0 Å². The fourth-order valence-corrected chi connectivity index (χ4v) is 2.36. The Morgan fingerprint density at radius 3 is 2.67 bits per heavy atom. The Balaban J connectivity index is 2.26. The molecule has 2 rings (SSSR count). The summed E-state index contributed by atoms with van der Waals surface area (Å²) in [6.45, 7) is 0.740. The van der Waals surface area contributed by atoms with E-state index in [4.69, 9.17) is 22.1 Å². The first kappa shape index (κ1) is 10.8. The van der Waals surface area contributed by atoms with Crippen LogP contribution in [-0.2, 0) is 5.41 Å². The molecule has 0 atom stereocenters. The van der Waals surface area contributed by atoms with Crippen LogP contribution in [0.5, 0.6) is 5.75 Å². The Bertz CT molecular complexity index is 361. The zero-order valence-corrected chi connectivity index (χ0v) is 9.68. The number of benzene rings is 1. The lowest BCUT2D eigenvalue weighted by atomic mass is 9.92. The quantitative estimate of drug-likeness (QED) is 0.855. The Labute approximate surface area is 95.4 Å². The molecule has 1 saturated carbocycles. The molecular formula is C12H16ClNO. The van der Waals surface area contributed by atoms with Gasteiger partial charge in [0.1, 0.15) is 5.75 Å². The van der Waals surface area contributed by atoms with Crippen LogP contribution in [0.4, 0.5) is 0 Å². The molecule has 1 fully saturated rings. The van der Waals surface area contributed by atoms with Crippen LogP contribution in [0, 0.1) is 0 Å². The maximum atomic E-state index is 6.11. The second-order valence-corrected chi connectivity index (χ2v) is 4.58. The molecule has 1 aliphatic rings. The van der Waals surface area contributed by atoms with Gasteiger partial charge in [0.15, 0.2) is 0 Å². The van der Waals surface area contributed by atoms with Gasteiger partial charge in [-0.15, -0.1) is 0 Å². The van der Waals surface area contributed by atoms with E-state index in [0.29, 0.717) is 10.4 Å². The highest BCUT2D eigenvalue weighted by Crippen LogP contribution is 2.51. The fourth-order valence-electron chi connectivity index (χ4n) is 2.11. The summed E-state index contributed by atoms with van der Waals surface area (Å²) in [6.07, 6.45) is 3.51. The topological polar surface area (TPSA) is 35.2 Å². The molecule has 0 aliphatic heterocycles. The molecule has 0 spiro atoms. The Morgan fingerprint density at radius 1 is 1.47 bits per heavy atom. The molecular weight excluding hydrogens is 210 g/mol. The van der Waals surface area contributed by atoms with Crippen LogP contribution in [0.25, 0.3) is 0 Å². The van der Waals surface area contributed by atoms with Gasteiger partial charge < -0.3 is 10.5 Å². The highest BCUT2D eigenvalue weighted by molar-refractivity contribution is 6.32. The van der Waals surface area contributed by atoms with Crippen molar-refractivity contribution in [2.45, 2.75) is 24.7 Å². The smallest absolute Gasteiger partial charge is 0.137 e. The summed E-state index contributed by atoms with van der Waals surface area (Å²) >= 11 is 6.11. The lowest BCUT2D eigenvalue weighted by Crippen LogP contribution is -2.13. The molecule has 2 nitrogen and oxygen atoms in total. The highest BCUT2D eigenvalue weighted by atomic mass is 35.5. The van der Waals surface area contributed by atoms with E-state index in [2.05, 4.69) is 6.07 Å². The number of nitrogens with two attached hydrogens (primary N) is 1. The van der Waals surface area contributed by atoms with Gasteiger partial charge in [0.05, 0.1) is 12.1 Å². The number of ether oxygens (including phenoxy) is 1. The van der Waals surface area contributed by atoms with Crippen molar-refractivity contribution >= 4 is 11.6 Å². The summed E-state index contributed by atoms with van der Waals surface area (Å²) in [6, 6.07) is 6.06. The molecule has 3 heteroatoms. The molecule has 2 N–H and O–H groups in total. The van der Waals surface area contributed by atoms with Crippen molar-refractivity contribution in [2.75, 3.05) is 13.7 Å². The number of hydrogen-bond donors (Lipinski definition) is 1. The van der Waals surface area contributed by atoms with Gasteiger partial charge in [0, 0.05) is 0 Å². The Hall–Kier alpha value is -0.730. The maximum absolute atomic E-state index is 6.11. The normalized spacial score (nSPS) is 17.5. The van der Waals surface area contributed by atoms with Crippen LogP contribution in [0.3, 0.4) is 0 Å². The maximum Gasteiger partial charge on any atom is 0.137 e. The predicted octanol–water partition coefficient (Wildman–Crippen LogP) is 2.73. The van der Waals surface area contributed by atoms with Crippen molar-refractivity contribution < 1.29 is 4.74 Å². The fraction of sp³-hybridized carbons (Fsp3) is 0.500. The second kappa shape index (κ2) is 4.03. The molecule has 0 bridgehead atoms. The molecule has 0 aromatic heterocycles. The first-order valence-corrected chi connectivity index (χ1v) is 5.64. The van der Waals surface area contributed by atoms with Gasteiger partial charge in [-0.25, -0.2) is 0 Å². The third-order valence-corrected chi connectivity index (χ3v) is 3.54. The Kier molecular flexibility index (Phi) is 2.89. The predicted molar refractivity (Wildman–Crippen MR) is 62.6 cm³/mol. The van der Waals surface area contributed by atoms with Crippen LogP contribution < -0.4 is 10.5 Å². The lowest BCUT2D eigenvalue weighted by Gasteiger charge is -2.15. The number of halogens is 1. The highest BCUT2D eigenvalue weighted by Gasteiger charge is 2.43. The largest absolute Gasteiger partial charge is 0.495 e. The van der Waals surface area contributed by atoms with Crippen molar-refractivity contribution in [1.82, 2.24) is 0 Å². The van der Waals surface area contributed by atoms with Crippen molar-refractivity contribution in [3.05, 3.63) is 28.8 Å². The van der Waals surface area contributed by atoms with E-state index in [1.807, 2.05) is 12.1 Å². The van der Waals surface area contributed by atoms with Crippen LogP contribution >= 0.6 is 11.6 Å². The zero-order valence-electron chi connectivity index (χ0n) is 8.92. The van der Waals surface area contributed by atoms with Gasteiger partial charge in [-0.05, 0) is 48.9 Å². The van der Waals surface area contributed by atoms with E-state index in [1.54, 1.807) is 7.11 Å². The molecule has 0 unspecified atom stereocenters. The van der Waals surface area contributed by atoms with Gasteiger partial charge in [-0.3, -0.25) is 0 Å². The standard InChI is InChI=1S/C12H16ClNO/c1-15-11-3-2-9(8-10(11)13)12(4-5-12)6-7-14/h2-3,8H,4-7,14H2,1H3. The molecule has 0 radical (unpaired) electrons. The summed E-state index contributed by atoms with van der Waals surface area (Å²) in [4.78, 5) is 0. The van der Waals surface area contributed by atoms with Crippen LogP contribution in [0.15, 0.2) is 18.2 Å². The summed E-state index contributed by atoms with van der Waals surface area (Å²) < 4.78 is 5.14. The third kappa shape index (κ3) is 1.97. The first-order valence-electron chi connectivity index (χ1n) is 5.26. The average Bonchev–Trinajstić information content (AvgIpc) is 2.99. The minimum Gasteiger partial charge on any atom is -0.495 e. The summed E-state index contributed by atoms with van der Waals surface area (Å²) in [5, 5.41) is 0.693. The van der Waals surface area contributed by atoms with E-state index in [1.165, 1.54) is 18.4 Å². The Morgan fingerprint density at radius 2 is 2.20 bits per heavy atom. The molecule has 0 heterocycles. The SMILES string of the molecule is COc1ccc(C2(CCN)CC2)cc1Cl. The average molecular weight is 226 g/mol. The van der Waals surface area contributed by atoms with Crippen molar-refractivity contribution in [2.24, 2.45) is 5.73 Å². The minimum absolute atomic E-state index is 0.310. The van der Waals surface area contributed by atoms with E-state index < -0.39 is 0 Å². The van der Waals surface area contributed by atoms with E-state index in [9.17, 15) is 0 Å². The third-order valence-electron chi connectivity index (χ3n) is 3.24. The summed E-state index contributed by atoms with van der Waals surface area (Å²) in [7, 11) is 1.63. The molecule has 82 valence electrons. The van der Waals surface area contributed by atoms with Gasteiger partial charge in [0.2, 0.25) is 0 Å². The lowest BCUT2D eigenvalue weighted by molar-refractivity contribution is 0.414. The van der Waals surface area contributed by atoms with E-state index >= 15 is 0 Å². The molecule has 1 aliphatic carbocycles. The van der Waals surface area contributed by atoms with Gasteiger partial charge in [-0.1, -0.05) is 17.7 Å². The van der Waals surface area contributed by atoms with Crippen molar-refractivity contribution in [3.8, 4) is 5.75 Å². The van der Waals surface area contributed by atoms with Gasteiger partial charge in [0.25, 0.3) is 0 Å². The number of hydrogen-bond acceptors (Lipinski definition) is 2. The molecule has 15 heavy (non-hydrogen) atoms. The molecule has 0 saturated heterocycles. The minimum atomic E-state index is 0.310. The van der Waals surface area contributed by atoms with Crippen LogP contribution in [0.2, 0.25) is 5.02 Å². The van der Waals surface area contributed by atoms with Crippen LogP contribution in [0.1, 0.15) is 24.8 Å². The number of rotatable bonds is 4. The van der Waals surface area contributed by atoms with Gasteiger partial charge in [-0.2, -0.15) is 0 Å². The summed E-state index contributed by atoms with van der Waals surface area (Å²) in [5.74, 6) is 0.740. The van der Waals surface area contributed by atoms with E-state index in [0.717, 1.165) is 18.7 Å². The first-order chi connectivity index (χ1) is 7.22. The molecule has 1 aromatic carbocycles. The zero-order chi connectivity index (χ0) is 10.9. The number of methoxy groups -OCH3 is 1. The van der Waals surface area contributed by atoms with Crippen LogP contribution in [-0.4, -0.2) is 13.7 Å².